The molecule has 0 amide bonds. The Hall–Kier alpha value is -0.250. The van der Waals surface area contributed by atoms with Crippen LogP contribution < -0.4 is 0 Å². The molecule has 2 rings (SSSR count). The number of sulfone groups is 3. The van der Waals surface area contributed by atoms with Gasteiger partial charge in [-0.2, -0.15) is 0 Å². The third-order valence-electron chi connectivity index (χ3n) is 4.43. The number of rotatable bonds is 10. The Kier molecular flexibility index (Phi) is 9.39. The van der Waals surface area contributed by atoms with Crippen molar-refractivity contribution in [2.75, 3.05) is 23.0 Å². The Morgan fingerprint density at radius 2 is 0.871 bits per heavy atom. The summed E-state index contributed by atoms with van der Waals surface area (Å²) in [6.07, 6.45) is 0. The van der Waals surface area contributed by atoms with Crippen LogP contribution in [0.25, 0.3) is 0 Å². The first-order valence-electron chi connectivity index (χ1n) is 9.28. The molecule has 0 N–H and O–H groups in total. The van der Waals surface area contributed by atoms with E-state index in [9.17, 15) is 25.3 Å². The van der Waals surface area contributed by atoms with Gasteiger partial charge in [-0.1, -0.05) is 80.6 Å². The minimum absolute atomic E-state index is 0.160. The van der Waals surface area contributed by atoms with Gasteiger partial charge in [0.25, 0.3) is 0 Å². The first-order valence-corrected chi connectivity index (χ1v) is 16.9. The van der Waals surface area contributed by atoms with Gasteiger partial charge in [0.1, 0.15) is 0 Å². The molecular weight excluding hydrogens is 686 g/mol. The SMILES string of the molecule is Cc1ccc(S(=O)(=O)CC(I)CS(=O)(=O)CC(I)CS(=O)(=O)c2ccc(C)cc2)cc1. The van der Waals surface area contributed by atoms with Gasteiger partial charge in [-0.15, -0.1) is 0 Å². The van der Waals surface area contributed by atoms with E-state index in [1.54, 1.807) is 24.3 Å². The number of hydrogen-bond acceptors (Lipinski definition) is 6. The van der Waals surface area contributed by atoms with Gasteiger partial charge in [0, 0.05) is 7.85 Å². The largest absolute Gasteiger partial charge is 0.229 e. The third kappa shape index (κ3) is 8.55. The van der Waals surface area contributed by atoms with Crippen molar-refractivity contribution in [3.63, 3.8) is 0 Å². The van der Waals surface area contributed by atoms with Crippen LogP contribution in [-0.2, 0) is 29.5 Å². The molecule has 11 heteroatoms. The van der Waals surface area contributed by atoms with Crippen molar-refractivity contribution in [2.45, 2.75) is 31.5 Å². The second-order valence-corrected chi connectivity index (χ2v) is 17.2. The molecule has 2 atom stereocenters. The molecule has 0 radical (unpaired) electrons. The van der Waals surface area contributed by atoms with Crippen molar-refractivity contribution < 1.29 is 25.3 Å². The number of alkyl halides is 2. The van der Waals surface area contributed by atoms with Crippen LogP contribution in [0.4, 0.5) is 0 Å². The molecule has 0 aliphatic rings. The van der Waals surface area contributed by atoms with E-state index in [4.69, 9.17) is 0 Å². The summed E-state index contributed by atoms with van der Waals surface area (Å²) in [5.74, 6) is -1.27. The zero-order valence-electron chi connectivity index (χ0n) is 17.0. The number of halogens is 2. The maximum atomic E-state index is 12.6. The first-order chi connectivity index (χ1) is 14.2. The Labute approximate surface area is 212 Å². The van der Waals surface area contributed by atoms with Gasteiger partial charge in [0.05, 0.1) is 32.8 Å². The standard InChI is InChI=1S/C20H24I2O6S3/c1-15-3-7-19(8-4-15)30(25,26)13-17(21)11-29(23,24)12-18(22)14-31(27,28)20-9-5-16(2)6-10-20/h3-10,17-18H,11-14H2,1-2H3. The van der Waals surface area contributed by atoms with E-state index in [1.165, 1.54) is 24.3 Å². The number of aryl methyl sites for hydroxylation is 2. The van der Waals surface area contributed by atoms with Gasteiger partial charge < -0.3 is 0 Å². The summed E-state index contributed by atoms with van der Waals surface area (Å²) in [7, 11) is -10.9. The maximum absolute atomic E-state index is 12.6. The van der Waals surface area contributed by atoms with Gasteiger partial charge in [0.2, 0.25) is 0 Å². The molecule has 31 heavy (non-hydrogen) atoms. The monoisotopic (exact) mass is 710 g/mol. The van der Waals surface area contributed by atoms with E-state index in [1.807, 2.05) is 59.0 Å². The van der Waals surface area contributed by atoms with E-state index < -0.39 is 37.4 Å². The summed E-state index contributed by atoms with van der Waals surface area (Å²) in [6, 6.07) is 12.8. The Morgan fingerprint density at radius 3 is 1.16 bits per heavy atom. The predicted molar refractivity (Wildman–Crippen MR) is 141 cm³/mol. The lowest BCUT2D eigenvalue weighted by molar-refractivity contribution is 0.591. The molecule has 0 saturated heterocycles. The Bertz CT molecular complexity index is 1110. The smallest absolute Gasteiger partial charge is 0.179 e. The molecule has 0 aromatic heterocycles. The average molecular weight is 710 g/mol. The normalized spacial score (nSPS) is 14.8. The van der Waals surface area contributed by atoms with Crippen LogP contribution in [0, 0.1) is 13.8 Å². The fourth-order valence-electron chi connectivity index (χ4n) is 2.88. The fraction of sp³-hybridized carbons (Fsp3) is 0.400. The summed E-state index contributed by atoms with van der Waals surface area (Å²) in [5, 5.41) is 0. The van der Waals surface area contributed by atoms with E-state index in [0.29, 0.717) is 0 Å². The lowest BCUT2D eigenvalue weighted by Crippen LogP contribution is -2.30. The summed E-state index contributed by atoms with van der Waals surface area (Å²) < 4.78 is 74.1. The van der Waals surface area contributed by atoms with Crippen LogP contribution >= 0.6 is 45.2 Å². The summed E-state index contributed by atoms with van der Waals surface area (Å²) in [4.78, 5) is 0.321. The third-order valence-corrected chi connectivity index (χ3v) is 14.1. The molecular formula is C20H24I2O6S3. The van der Waals surface area contributed by atoms with Crippen molar-refractivity contribution in [3.05, 3.63) is 59.7 Å². The highest BCUT2D eigenvalue weighted by atomic mass is 127. The molecule has 0 saturated carbocycles. The van der Waals surface area contributed by atoms with Gasteiger partial charge in [-0.05, 0) is 38.1 Å². The molecule has 6 nitrogen and oxygen atoms in total. The van der Waals surface area contributed by atoms with Crippen LogP contribution in [0.1, 0.15) is 11.1 Å². The lowest BCUT2D eigenvalue weighted by Gasteiger charge is -2.14. The molecule has 0 aliphatic heterocycles. The topological polar surface area (TPSA) is 102 Å². The highest BCUT2D eigenvalue weighted by Gasteiger charge is 2.28. The maximum Gasteiger partial charge on any atom is 0.179 e. The molecule has 172 valence electrons. The van der Waals surface area contributed by atoms with Crippen LogP contribution in [0.5, 0.6) is 0 Å². The van der Waals surface area contributed by atoms with Crippen molar-refractivity contribution in [1.82, 2.24) is 0 Å². The highest BCUT2D eigenvalue weighted by molar-refractivity contribution is 14.1. The van der Waals surface area contributed by atoms with E-state index in [-0.39, 0.29) is 32.8 Å². The Morgan fingerprint density at radius 1 is 0.581 bits per heavy atom. The molecule has 2 unspecified atom stereocenters. The van der Waals surface area contributed by atoms with E-state index in [0.717, 1.165) is 11.1 Å². The van der Waals surface area contributed by atoms with Gasteiger partial charge in [0.15, 0.2) is 29.5 Å². The van der Waals surface area contributed by atoms with Crippen LogP contribution in [-0.4, -0.2) is 56.1 Å². The van der Waals surface area contributed by atoms with Crippen molar-refractivity contribution >= 4 is 74.7 Å². The zero-order chi connectivity index (χ0) is 23.4. The van der Waals surface area contributed by atoms with Crippen molar-refractivity contribution in [3.8, 4) is 0 Å². The summed E-state index contributed by atoms with van der Waals surface area (Å²) in [5.41, 5.74) is 1.86. The Balaban J connectivity index is 2.00. The predicted octanol–water partition coefficient (Wildman–Crippen LogP) is 3.57. The summed E-state index contributed by atoms with van der Waals surface area (Å²) >= 11 is 3.67. The molecule has 0 heterocycles. The zero-order valence-corrected chi connectivity index (χ0v) is 23.8. The van der Waals surface area contributed by atoms with Crippen LogP contribution in [0.3, 0.4) is 0 Å². The van der Waals surface area contributed by atoms with E-state index >= 15 is 0 Å². The lowest BCUT2D eigenvalue weighted by atomic mass is 10.2. The average Bonchev–Trinajstić information content (AvgIpc) is 2.60. The van der Waals surface area contributed by atoms with Crippen LogP contribution in [0.15, 0.2) is 58.3 Å². The van der Waals surface area contributed by atoms with Gasteiger partial charge >= 0.3 is 0 Å². The van der Waals surface area contributed by atoms with E-state index in [2.05, 4.69) is 0 Å². The molecule has 0 spiro atoms. The number of hydrogen-bond donors (Lipinski definition) is 0. The molecule has 0 aliphatic carbocycles. The second-order valence-electron chi connectivity index (χ2n) is 7.46. The van der Waals surface area contributed by atoms with Crippen molar-refractivity contribution in [1.29, 1.82) is 0 Å². The quantitative estimate of drug-likeness (QED) is 0.276. The number of benzene rings is 2. The van der Waals surface area contributed by atoms with Gasteiger partial charge in [-0.3, -0.25) is 0 Å². The minimum atomic E-state index is -3.65. The summed E-state index contributed by atoms with van der Waals surface area (Å²) in [6.45, 7) is 3.70. The van der Waals surface area contributed by atoms with Gasteiger partial charge in [-0.25, -0.2) is 25.3 Å². The molecule has 2 aromatic rings. The fourth-order valence-corrected chi connectivity index (χ4v) is 13.4. The van der Waals surface area contributed by atoms with Crippen LogP contribution in [0.2, 0.25) is 0 Å². The molecule has 2 aromatic carbocycles. The minimum Gasteiger partial charge on any atom is -0.229 e. The first kappa shape index (κ1) is 27.0. The highest BCUT2D eigenvalue weighted by Crippen LogP contribution is 2.20. The second kappa shape index (κ2) is 10.8. The van der Waals surface area contributed by atoms with Crippen molar-refractivity contribution in [2.24, 2.45) is 0 Å². The molecule has 0 bridgehead atoms. The molecule has 0 fully saturated rings.